The third-order valence-electron chi connectivity index (χ3n) is 4.12. The minimum atomic E-state index is -1.43. The van der Waals surface area contributed by atoms with Crippen LogP contribution < -0.4 is 13.3 Å². The Labute approximate surface area is 143 Å². The summed E-state index contributed by atoms with van der Waals surface area (Å²) in [5.74, 6) is 0. The van der Waals surface area contributed by atoms with Crippen molar-refractivity contribution in [2.75, 3.05) is 14.1 Å². The van der Waals surface area contributed by atoms with Crippen LogP contribution in [0.15, 0.2) is 84.9 Å². The molecule has 3 aromatic carbocycles. The minimum Gasteiger partial charge on any atom is -0.305 e. The van der Waals surface area contributed by atoms with Crippen LogP contribution in [0.4, 0.5) is 0 Å². The van der Waals surface area contributed by atoms with Crippen LogP contribution in [-0.2, 0) is 6.54 Å². The zero-order chi connectivity index (χ0) is 16.1. The number of rotatable bonds is 5. The summed E-state index contributed by atoms with van der Waals surface area (Å²) < 4.78 is 4.48. The summed E-state index contributed by atoms with van der Waals surface area (Å²) in [5, 5.41) is 0. The molecule has 0 aliphatic carbocycles. The average Bonchev–Trinajstić information content (AvgIpc) is 2.58. The Hall–Kier alpha value is -1.85. The van der Waals surface area contributed by atoms with Crippen molar-refractivity contribution in [3.05, 3.63) is 90.5 Å². The second-order valence-corrected chi connectivity index (χ2v) is 9.01. The van der Waals surface area contributed by atoms with Crippen LogP contribution in [0.5, 0.6) is 0 Å². The van der Waals surface area contributed by atoms with E-state index in [1.807, 2.05) is 0 Å². The zero-order valence-electron chi connectivity index (χ0n) is 13.8. The van der Waals surface area contributed by atoms with Gasteiger partial charge in [0.25, 0.3) is 0 Å². The SMILES string of the molecule is CN(C)Cc1cccc[c]1[Al]([c]1ccccc1)[c]1ccccc1. The number of hydrogen-bond acceptors (Lipinski definition) is 1. The summed E-state index contributed by atoms with van der Waals surface area (Å²) in [6.45, 7) is 0.985. The number of hydrogen-bond donors (Lipinski definition) is 0. The van der Waals surface area contributed by atoms with E-state index in [4.69, 9.17) is 0 Å². The molecule has 0 saturated heterocycles. The predicted molar refractivity (Wildman–Crippen MR) is 101 cm³/mol. The molecule has 2 heteroatoms. The third kappa shape index (κ3) is 3.92. The lowest BCUT2D eigenvalue weighted by Gasteiger charge is -2.20. The third-order valence-corrected chi connectivity index (χ3v) is 7.41. The van der Waals surface area contributed by atoms with E-state index in [0.29, 0.717) is 0 Å². The molecule has 0 atom stereocenters. The lowest BCUT2D eigenvalue weighted by Crippen LogP contribution is -2.53. The first-order valence-corrected chi connectivity index (χ1v) is 9.81. The smallest absolute Gasteiger partial charge is 0.305 e. The Morgan fingerprint density at radius 1 is 0.652 bits per heavy atom. The van der Waals surface area contributed by atoms with Crippen molar-refractivity contribution in [1.29, 1.82) is 0 Å². The normalized spacial score (nSPS) is 10.7. The quantitative estimate of drug-likeness (QED) is 0.653. The lowest BCUT2D eigenvalue weighted by molar-refractivity contribution is 0.403. The van der Waals surface area contributed by atoms with Crippen molar-refractivity contribution in [3.63, 3.8) is 0 Å². The summed E-state index contributed by atoms with van der Waals surface area (Å²) in [6, 6.07) is 30.9. The van der Waals surface area contributed by atoms with Crippen LogP contribution in [0.3, 0.4) is 0 Å². The van der Waals surface area contributed by atoms with E-state index in [2.05, 4.69) is 104 Å². The molecule has 0 unspecified atom stereocenters. The molecule has 0 spiro atoms. The standard InChI is InChI=1S/C9H12N.2C6H5.Al/c1-10(2)8-9-6-4-3-5-7-9;2*1-2-4-6-5-3-1;/h3-6H,8H2,1-2H3;2*1-5H;. The summed E-state index contributed by atoms with van der Waals surface area (Å²) in [5.41, 5.74) is 1.45. The molecule has 0 saturated carbocycles. The van der Waals surface area contributed by atoms with Crippen LogP contribution in [0.25, 0.3) is 0 Å². The van der Waals surface area contributed by atoms with E-state index >= 15 is 0 Å². The van der Waals surface area contributed by atoms with Crippen LogP contribution in [-0.4, -0.2) is 33.1 Å². The van der Waals surface area contributed by atoms with Gasteiger partial charge in [-0.05, 0) is 19.7 Å². The van der Waals surface area contributed by atoms with Crippen molar-refractivity contribution < 1.29 is 0 Å². The topological polar surface area (TPSA) is 3.24 Å². The molecule has 0 aromatic heterocycles. The number of benzene rings is 3. The fourth-order valence-electron chi connectivity index (χ4n) is 3.14. The molecule has 0 radical (unpaired) electrons. The first kappa shape index (κ1) is 16.0. The Morgan fingerprint density at radius 2 is 1.13 bits per heavy atom. The van der Waals surface area contributed by atoms with Crippen LogP contribution in [0.1, 0.15) is 5.56 Å². The first-order chi connectivity index (χ1) is 11.3. The van der Waals surface area contributed by atoms with Gasteiger partial charge in [0.05, 0.1) is 0 Å². The molecule has 0 aliphatic heterocycles. The van der Waals surface area contributed by atoms with Gasteiger partial charge in [-0.3, -0.25) is 0 Å². The van der Waals surface area contributed by atoms with Crippen LogP contribution in [0.2, 0.25) is 0 Å². The molecule has 0 fully saturated rings. The summed E-state index contributed by atoms with van der Waals surface area (Å²) in [7, 11) is 4.27. The van der Waals surface area contributed by atoms with E-state index in [-0.39, 0.29) is 0 Å². The van der Waals surface area contributed by atoms with E-state index in [1.54, 1.807) is 0 Å². The van der Waals surface area contributed by atoms with E-state index in [9.17, 15) is 0 Å². The average molecular weight is 315 g/mol. The van der Waals surface area contributed by atoms with Gasteiger partial charge in [-0.25, -0.2) is 0 Å². The molecule has 0 N–H and O–H groups in total. The second kappa shape index (κ2) is 7.62. The minimum absolute atomic E-state index is 0.985. The van der Waals surface area contributed by atoms with Gasteiger partial charge < -0.3 is 4.90 Å². The van der Waals surface area contributed by atoms with Gasteiger partial charge in [0.1, 0.15) is 0 Å². The van der Waals surface area contributed by atoms with E-state index in [1.165, 1.54) is 18.8 Å². The van der Waals surface area contributed by atoms with Gasteiger partial charge >= 0.3 is 14.1 Å². The highest BCUT2D eigenvalue weighted by Gasteiger charge is 2.26. The van der Waals surface area contributed by atoms with Gasteiger partial charge in [0.15, 0.2) is 0 Å². The summed E-state index contributed by atoms with van der Waals surface area (Å²) >= 11 is -1.43. The lowest BCUT2D eigenvalue weighted by atomic mass is 10.2. The Morgan fingerprint density at radius 3 is 1.65 bits per heavy atom. The van der Waals surface area contributed by atoms with Crippen molar-refractivity contribution in [3.8, 4) is 0 Å². The van der Waals surface area contributed by atoms with E-state index < -0.39 is 14.1 Å². The van der Waals surface area contributed by atoms with Crippen LogP contribution >= 0.6 is 0 Å². The van der Waals surface area contributed by atoms with Gasteiger partial charge in [0, 0.05) is 6.54 Å². The second-order valence-electron chi connectivity index (χ2n) is 6.19. The predicted octanol–water partition coefficient (Wildman–Crippen LogP) is 2.26. The molecule has 3 rings (SSSR count). The Bertz CT molecular complexity index is 699. The van der Waals surface area contributed by atoms with Gasteiger partial charge in [0.2, 0.25) is 0 Å². The highest BCUT2D eigenvalue weighted by Crippen LogP contribution is 2.03. The molecule has 0 aliphatic rings. The molecule has 1 nitrogen and oxygen atoms in total. The molecule has 0 amide bonds. The molecule has 114 valence electrons. The number of nitrogens with zero attached hydrogens (tertiary/aromatic N) is 1. The summed E-state index contributed by atoms with van der Waals surface area (Å²) in [4.78, 5) is 2.25. The highest BCUT2D eigenvalue weighted by atomic mass is 27.2. The van der Waals surface area contributed by atoms with Gasteiger partial charge in [-0.1, -0.05) is 98.2 Å². The van der Waals surface area contributed by atoms with E-state index in [0.717, 1.165) is 6.54 Å². The largest absolute Gasteiger partial charge is 0.383 e. The van der Waals surface area contributed by atoms with Gasteiger partial charge in [-0.2, -0.15) is 0 Å². The fraction of sp³-hybridized carbons (Fsp3) is 0.143. The highest BCUT2D eigenvalue weighted by molar-refractivity contribution is 6.95. The molecular weight excluding hydrogens is 293 g/mol. The van der Waals surface area contributed by atoms with Crippen molar-refractivity contribution in [2.45, 2.75) is 6.54 Å². The molecule has 0 heterocycles. The zero-order valence-corrected chi connectivity index (χ0v) is 15.0. The maximum Gasteiger partial charge on any atom is 0.383 e. The van der Waals surface area contributed by atoms with Crippen molar-refractivity contribution >= 4 is 27.4 Å². The maximum atomic E-state index is 2.33. The molecule has 3 aromatic rings. The van der Waals surface area contributed by atoms with Crippen molar-refractivity contribution in [2.24, 2.45) is 0 Å². The summed E-state index contributed by atoms with van der Waals surface area (Å²) in [6.07, 6.45) is 0. The molecule has 23 heavy (non-hydrogen) atoms. The molecular formula is C21H22AlN. The molecule has 0 bridgehead atoms. The maximum absolute atomic E-state index is 2.33. The van der Waals surface area contributed by atoms with Crippen LogP contribution in [0, 0.1) is 0 Å². The Balaban J connectivity index is 2.14. The monoisotopic (exact) mass is 315 g/mol. The van der Waals surface area contributed by atoms with Gasteiger partial charge in [-0.15, -0.1) is 0 Å². The van der Waals surface area contributed by atoms with Crippen molar-refractivity contribution in [1.82, 2.24) is 4.90 Å². The Kier molecular flexibility index (Phi) is 5.31. The first-order valence-electron chi connectivity index (χ1n) is 8.08. The fourth-order valence-corrected chi connectivity index (χ4v) is 6.32.